The van der Waals surface area contributed by atoms with Crippen molar-refractivity contribution < 1.29 is 13.5 Å². The average Bonchev–Trinajstić information content (AvgIpc) is 2.46. The van der Waals surface area contributed by atoms with Gasteiger partial charge in [0.2, 0.25) is 0 Å². The molecule has 0 aromatic heterocycles. The SMILES string of the molecule is CCc1ccc(C(Cl)c2c(F)cc(OC)cc2F)cc1. The zero-order chi connectivity index (χ0) is 14.7. The van der Waals surface area contributed by atoms with E-state index in [9.17, 15) is 8.78 Å². The normalized spacial score (nSPS) is 12.2. The molecule has 0 N–H and O–H groups in total. The van der Waals surface area contributed by atoms with Gasteiger partial charge in [0.25, 0.3) is 0 Å². The Morgan fingerprint density at radius 3 is 2.10 bits per heavy atom. The molecule has 1 nitrogen and oxygen atoms in total. The predicted octanol–water partition coefficient (Wildman–Crippen LogP) is 4.86. The first kappa shape index (κ1) is 14.8. The van der Waals surface area contributed by atoms with Crippen molar-refractivity contribution >= 4 is 11.6 Å². The lowest BCUT2D eigenvalue weighted by Gasteiger charge is -2.14. The summed E-state index contributed by atoms with van der Waals surface area (Å²) in [5, 5.41) is -0.869. The maximum Gasteiger partial charge on any atom is 0.134 e. The molecule has 2 aromatic rings. The van der Waals surface area contributed by atoms with E-state index >= 15 is 0 Å². The molecule has 0 aliphatic heterocycles. The third kappa shape index (κ3) is 2.93. The summed E-state index contributed by atoms with van der Waals surface area (Å²) in [5.74, 6) is -1.28. The summed E-state index contributed by atoms with van der Waals surface area (Å²) in [4.78, 5) is 0. The minimum Gasteiger partial charge on any atom is -0.497 e. The number of aryl methyl sites for hydroxylation is 1. The molecule has 0 fully saturated rings. The van der Waals surface area contributed by atoms with Crippen LogP contribution >= 0.6 is 11.6 Å². The summed E-state index contributed by atoms with van der Waals surface area (Å²) in [6.07, 6.45) is 0.901. The third-order valence-corrected chi connectivity index (χ3v) is 3.69. The van der Waals surface area contributed by atoms with E-state index in [2.05, 4.69) is 0 Å². The van der Waals surface area contributed by atoms with Gasteiger partial charge in [0, 0.05) is 17.7 Å². The van der Waals surface area contributed by atoms with E-state index in [-0.39, 0.29) is 11.3 Å². The summed E-state index contributed by atoms with van der Waals surface area (Å²) in [6, 6.07) is 9.66. The van der Waals surface area contributed by atoms with Crippen LogP contribution in [0.4, 0.5) is 8.78 Å². The highest BCUT2D eigenvalue weighted by molar-refractivity contribution is 6.22. The fourth-order valence-electron chi connectivity index (χ4n) is 2.01. The minimum atomic E-state index is -0.869. The maximum absolute atomic E-state index is 14.0. The van der Waals surface area contributed by atoms with Gasteiger partial charge in [-0.2, -0.15) is 0 Å². The predicted molar refractivity (Wildman–Crippen MR) is 76.4 cm³/mol. The van der Waals surface area contributed by atoms with Crippen molar-refractivity contribution in [2.45, 2.75) is 18.7 Å². The van der Waals surface area contributed by atoms with Gasteiger partial charge >= 0.3 is 0 Å². The van der Waals surface area contributed by atoms with Gasteiger partial charge in [-0.05, 0) is 17.5 Å². The van der Waals surface area contributed by atoms with E-state index in [0.29, 0.717) is 5.56 Å². The number of benzene rings is 2. The van der Waals surface area contributed by atoms with Crippen LogP contribution < -0.4 is 4.74 Å². The summed E-state index contributed by atoms with van der Waals surface area (Å²) >= 11 is 6.21. The van der Waals surface area contributed by atoms with Crippen LogP contribution in [0.1, 0.15) is 29.0 Å². The van der Waals surface area contributed by atoms with Gasteiger partial charge in [-0.25, -0.2) is 8.78 Å². The van der Waals surface area contributed by atoms with Crippen molar-refractivity contribution in [3.8, 4) is 5.75 Å². The molecule has 0 aliphatic carbocycles. The first-order valence-corrected chi connectivity index (χ1v) is 6.76. The Morgan fingerprint density at radius 2 is 1.65 bits per heavy atom. The van der Waals surface area contributed by atoms with E-state index < -0.39 is 17.0 Å². The second-order valence-electron chi connectivity index (χ2n) is 4.46. The lowest BCUT2D eigenvalue weighted by molar-refractivity contribution is 0.405. The van der Waals surface area contributed by atoms with E-state index in [1.807, 2.05) is 19.1 Å². The molecule has 0 bridgehead atoms. The Morgan fingerprint density at radius 1 is 1.10 bits per heavy atom. The van der Waals surface area contributed by atoms with E-state index in [0.717, 1.165) is 24.1 Å². The molecule has 106 valence electrons. The number of hydrogen-bond donors (Lipinski definition) is 0. The van der Waals surface area contributed by atoms with Crippen LogP contribution in [0.2, 0.25) is 0 Å². The molecule has 0 amide bonds. The number of rotatable bonds is 4. The second-order valence-corrected chi connectivity index (χ2v) is 4.90. The summed E-state index contributed by atoms with van der Waals surface area (Å²) in [7, 11) is 1.36. The van der Waals surface area contributed by atoms with Crippen LogP contribution in [-0.4, -0.2) is 7.11 Å². The second kappa shape index (κ2) is 6.23. The Hall–Kier alpha value is -1.61. The average molecular weight is 297 g/mol. The van der Waals surface area contributed by atoms with E-state index in [1.54, 1.807) is 12.1 Å². The van der Waals surface area contributed by atoms with E-state index in [4.69, 9.17) is 16.3 Å². The quantitative estimate of drug-likeness (QED) is 0.732. The number of methoxy groups -OCH3 is 1. The molecule has 0 spiro atoms. The molecule has 20 heavy (non-hydrogen) atoms. The molecule has 1 unspecified atom stereocenters. The Kier molecular flexibility index (Phi) is 4.61. The molecule has 1 atom stereocenters. The first-order valence-electron chi connectivity index (χ1n) is 6.32. The number of halogens is 3. The van der Waals surface area contributed by atoms with Crippen LogP contribution in [0.15, 0.2) is 36.4 Å². The van der Waals surface area contributed by atoms with Gasteiger partial charge in [0.15, 0.2) is 0 Å². The van der Waals surface area contributed by atoms with Crippen molar-refractivity contribution in [2.24, 2.45) is 0 Å². The minimum absolute atomic E-state index is 0.133. The van der Waals surface area contributed by atoms with Gasteiger partial charge in [-0.3, -0.25) is 0 Å². The largest absolute Gasteiger partial charge is 0.497 e. The van der Waals surface area contributed by atoms with Crippen LogP contribution in [-0.2, 0) is 6.42 Å². The van der Waals surface area contributed by atoms with Crippen molar-refractivity contribution in [3.05, 3.63) is 64.7 Å². The van der Waals surface area contributed by atoms with Gasteiger partial charge < -0.3 is 4.74 Å². The Balaban J connectivity index is 2.39. The maximum atomic E-state index is 14.0. The smallest absolute Gasteiger partial charge is 0.134 e. The number of ether oxygens (including phenoxy) is 1. The van der Waals surface area contributed by atoms with Gasteiger partial charge in [0.05, 0.1) is 12.5 Å². The first-order chi connectivity index (χ1) is 9.56. The van der Waals surface area contributed by atoms with Gasteiger partial charge in [0.1, 0.15) is 17.4 Å². The molecule has 0 saturated heterocycles. The zero-order valence-corrected chi connectivity index (χ0v) is 12.0. The van der Waals surface area contributed by atoms with Crippen LogP contribution in [0, 0.1) is 11.6 Å². The van der Waals surface area contributed by atoms with Crippen molar-refractivity contribution in [2.75, 3.05) is 7.11 Å². The van der Waals surface area contributed by atoms with Crippen molar-refractivity contribution in [3.63, 3.8) is 0 Å². The molecule has 2 rings (SSSR count). The molecule has 0 radical (unpaired) electrons. The fraction of sp³-hybridized carbons (Fsp3) is 0.250. The highest BCUT2D eigenvalue weighted by atomic mass is 35.5. The zero-order valence-electron chi connectivity index (χ0n) is 11.3. The van der Waals surface area contributed by atoms with E-state index in [1.165, 1.54) is 7.11 Å². The molecule has 0 aliphatic rings. The highest BCUT2D eigenvalue weighted by Crippen LogP contribution is 2.34. The Bertz CT molecular complexity index is 573. The van der Waals surface area contributed by atoms with Crippen molar-refractivity contribution in [1.82, 2.24) is 0 Å². The molecular weight excluding hydrogens is 282 g/mol. The fourth-order valence-corrected chi connectivity index (χ4v) is 2.36. The lowest BCUT2D eigenvalue weighted by atomic mass is 10.0. The van der Waals surface area contributed by atoms with Gasteiger partial charge in [-0.15, -0.1) is 11.6 Å². The van der Waals surface area contributed by atoms with Crippen LogP contribution in [0.5, 0.6) is 5.75 Å². The van der Waals surface area contributed by atoms with Crippen LogP contribution in [0.3, 0.4) is 0 Å². The van der Waals surface area contributed by atoms with Crippen LogP contribution in [0.25, 0.3) is 0 Å². The summed E-state index contributed by atoms with van der Waals surface area (Å²) in [6.45, 7) is 2.04. The van der Waals surface area contributed by atoms with Crippen molar-refractivity contribution in [1.29, 1.82) is 0 Å². The molecule has 4 heteroatoms. The standard InChI is InChI=1S/C16H15ClF2O/c1-3-10-4-6-11(7-5-10)16(17)15-13(18)8-12(20-2)9-14(15)19/h4-9,16H,3H2,1-2H3. The molecular formula is C16H15ClF2O. The molecule has 2 aromatic carbocycles. The van der Waals surface area contributed by atoms with Gasteiger partial charge in [-0.1, -0.05) is 31.2 Å². The summed E-state index contributed by atoms with van der Waals surface area (Å²) < 4.78 is 32.8. The molecule has 0 heterocycles. The number of alkyl halides is 1. The monoisotopic (exact) mass is 296 g/mol. The highest BCUT2D eigenvalue weighted by Gasteiger charge is 2.21. The molecule has 0 saturated carbocycles. The number of hydrogen-bond acceptors (Lipinski definition) is 1. The third-order valence-electron chi connectivity index (χ3n) is 3.22. The Labute approximate surface area is 122 Å². The summed E-state index contributed by atoms with van der Waals surface area (Å²) in [5.41, 5.74) is 1.65. The topological polar surface area (TPSA) is 9.23 Å². The lowest BCUT2D eigenvalue weighted by Crippen LogP contribution is -2.02.